The fourth-order valence-corrected chi connectivity index (χ4v) is 3.31. The first kappa shape index (κ1) is 17.6. The molecule has 0 spiro atoms. The second-order valence-electron chi connectivity index (χ2n) is 4.44. The monoisotopic (exact) mass is 353 g/mol. The Bertz CT molecular complexity index is 634. The first-order valence-corrected chi connectivity index (χ1v) is 9.14. The highest BCUT2D eigenvalue weighted by atomic mass is 32.2. The fourth-order valence-electron chi connectivity index (χ4n) is 1.64. The first-order chi connectivity index (χ1) is 11.2. The molecule has 0 bridgehead atoms. The minimum absolute atomic E-state index is 0.109. The van der Waals surface area contributed by atoms with Crippen LogP contribution in [-0.2, 0) is 4.79 Å². The third-order valence-corrected chi connectivity index (χ3v) is 4.44. The number of aromatic nitrogens is 2. The second-order valence-corrected chi connectivity index (χ2v) is 6.93. The van der Waals surface area contributed by atoms with Crippen LogP contribution in [0.5, 0.6) is 11.5 Å². The quantitative estimate of drug-likeness (QED) is 0.550. The van der Waals surface area contributed by atoms with E-state index in [1.807, 2.05) is 32.0 Å². The van der Waals surface area contributed by atoms with Crippen LogP contribution in [0.4, 0.5) is 5.13 Å². The van der Waals surface area contributed by atoms with Gasteiger partial charge in [0.1, 0.15) is 0 Å². The molecule has 8 heteroatoms. The average Bonchev–Trinajstić information content (AvgIpc) is 2.99. The summed E-state index contributed by atoms with van der Waals surface area (Å²) >= 11 is 2.94. The number of hydrogen-bond acceptors (Lipinski definition) is 7. The highest BCUT2D eigenvalue weighted by Crippen LogP contribution is 2.27. The molecule has 124 valence electrons. The Morgan fingerprint density at radius 1 is 1.22 bits per heavy atom. The van der Waals surface area contributed by atoms with E-state index in [1.54, 1.807) is 17.8 Å². The summed E-state index contributed by atoms with van der Waals surface area (Å²) in [6.07, 6.45) is 0.907. The van der Waals surface area contributed by atoms with Crippen LogP contribution in [0.2, 0.25) is 0 Å². The van der Waals surface area contributed by atoms with Gasteiger partial charge in [-0.25, -0.2) is 0 Å². The molecule has 2 rings (SSSR count). The number of carbonyl (C=O) groups is 1. The van der Waals surface area contributed by atoms with Gasteiger partial charge in [0, 0.05) is 0 Å². The zero-order valence-electron chi connectivity index (χ0n) is 13.1. The van der Waals surface area contributed by atoms with Gasteiger partial charge in [0.15, 0.2) is 22.4 Å². The van der Waals surface area contributed by atoms with Crippen molar-refractivity contribution in [3.63, 3.8) is 0 Å². The van der Waals surface area contributed by atoms with E-state index in [4.69, 9.17) is 9.47 Å². The summed E-state index contributed by atoms with van der Waals surface area (Å²) in [5, 5.41) is 11.1. The Morgan fingerprint density at radius 2 is 1.96 bits per heavy atom. The molecule has 1 aromatic heterocycles. The number of nitrogens with one attached hydrogen (secondary N) is 1. The third-order valence-electron chi connectivity index (χ3n) is 2.59. The maximum atomic E-state index is 11.9. The number of rotatable bonds is 9. The van der Waals surface area contributed by atoms with Crippen LogP contribution in [0.3, 0.4) is 0 Å². The summed E-state index contributed by atoms with van der Waals surface area (Å²) in [6.45, 7) is 4.57. The van der Waals surface area contributed by atoms with Crippen LogP contribution < -0.4 is 14.8 Å². The molecule has 0 unspecified atom stereocenters. The summed E-state index contributed by atoms with van der Waals surface area (Å²) in [6, 6.07) is 7.30. The van der Waals surface area contributed by atoms with E-state index in [2.05, 4.69) is 15.5 Å². The Hall–Kier alpha value is -1.80. The number of nitrogens with zero attached hydrogens (tertiary/aromatic N) is 2. The molecule has 1 N–H and O–H groups in total. The van der Waals surface area contributed by atoms with Crippen molar-refractivity contribution < 1.29 is 14.3 Å². The Balaban J connectivity index is 1.86. The van der Waals surface area contributed by atoms with Gasteiger partial charge in [0.05, 0.1) is 6.61 Å². The normalized spacial score (nSPS) is 10.3. The van der Waals surface area contributed by atoms with Gasteiger partial charge in [0.25, 0.3) is 5.91 Å². The maximum Gasteiger partial charge on any atom is 0.264 e. The summed E-state index contributed by atoms with van der Waals surface area (Å²) < 4.78 is 12.0. The van der Waals surface area contributed by atoms with E-state index in [0.717, 1.165) is 16.5 Å². The summed E-state index contributed by atoms with van der Waals surface area (Å²) in [5.41, 5.74) is 0. The highest BCUT2D eigenvalue weighted by Gasteiger charge is 2.10. The van der Waals surface area contributed by atoms with Crippen LogP contribution in [0, 0.1) is 0 Å². The van der Waals surface area contributed by atoms with Gasteiger partial charge in [-0.1, -0.05) is 49.1 Å². The van der Waals surface area contributed by atoms with Gasteiger partial charge in [-0.15, -0.1) is 10.2 Å². The summed E-state index contributed by atoms with van der Waals surface area (Å²) in [4.78, 5) is 11.9. The number of amides is 1. The van der Waals surface area contributed by atoms with Gasteiger partial charge in [0.2, 0.25) is 5.13 Å². The third kappa shape index (κ3) is 5.72. The second kappa shape index (κ2) is 9.36. The number of hydrogen-bond donors (Lipinski definition) is 1. The molecule has 0 aliphatic heterocycles. The number of para-hydroxylation sites is 2. The maximum absolute atomic E-state index is 11.9. The lowest BCUT2D eigenvalue weighted by Gasteiger charge is -2.11. The van der Waals surface area contributed by atoms with E-state index in [1.165, 1.54) is 11.3 Å². The Morgan fingerprint density at radius 3 is 2.65 bits per heavy atom. The van der Waals surface area contributed by atoms with Gasteiger partial charge in [-0.05, 0) is 24.3 Å². The molecule has 0 fully saturated rings. The molecule has 23 heavy (non-hydrogen) atoms. The van der Waals surface area contributed by atoms with Crippen molar-refractivity contribution in [2.24, 2.45) is 0 Å². The van der Waals surface area contributed by atoms with Gasteiger partial charge >= 0.3 is 0 Å². The minimum Gasteiger partial charge on any atom is -0.490 e. The number of anilines is 1. The number of ether oxygens (including phenoxy) is 2. The molecular formula is C15H19N3O3S2. The molecule has 0 aliphatic rings. The van der Waals surface area contributed by atoms with Crippen molar-refractivity contribution in [1.82, 2.24) is 10.2 Å². The molecule has 0 saturated heterocycles. The van der Waals surface area contributed by atoms with E-state index >= 15 is 0 Å². The van der Waals surface area contributed by atoms with Crippen molar-refractivity contribution in [1.29, 1.82) is 0 Å². The number of benzene rings is 1. The van der Waals surface area contributed by atoms with Crippen LogP contribution in [0.1, 0.15) is 20.3 Å². The molecule has 6 nitrogen and oxygen atoms in total. The molecule has 2 aromatic rings. The van der Waals surface area contributed by atoms with Crippen molar-refractivity contribution in [2.75, 3.05) is 24.3 Å². The SMILES string of the molecule is CCCOc1ccccc1OCC(=O)Nc1nnc(SCC)s1. The Kier molecular flexibility index (Phi) is 7.15. The van der Waals surface area contributed by atoms with Crippen LogP contribution in [0.25, 0.3) is 0 Å². The number of thioether (sulfide) groups is 1. The predicted octanol–water partition coefficient (Wildman–Crippen LogP) is 3.46. The van der Waals surface area contributed by atoms with Gasteiger partial charge < -0.3 is 9.47 Å². The van der Waals surface area contributed by atoms with Crippen LogP contribution in [0.15, 0.2) is 28.6 Å². The lowest BCUT2D eigenvalue weighted by Crippen LogP contribution is -2.20. The van der Waals surface area contributed by atoms with E-state index < -0.39 is 0 Å². The highest BCUT2D eigenvalue weighted by molar-refractivity contribution is 8.01. The summed E-state index contributed by atoms with van der Waals surface area (Å²) in [5.74, 6) is 1.83. The largest absolute Gasteiger partial charge is 0.490 e. The van der Waals surface area contributed by atoms with E-state index in [9.17, 15) is 4.79 Å². The molecule has 1 heterocycles. The topological polar surface area (TPSA) is 73.3 Å². The lowest BCUT2D eigenvalue weighted by molar-refractivity contribution is -0.118. The van der Waals surface area contributed by atoms with Crippen molar-refractivity contribution in [3.05, 3.63) is 24.3 Å². The standard InChI is InChI=1S/C15H19N3O3S2/c1-3-9-20-11-7-5-6-8-12(11)21-10-13(19)16-14-17-18-15(23-14)22-4-2/h5-8H,3-4,9-10H2,1-2H3,(H,16,17,19). The minimum atomic E-state index is -0.278. The van der Waals surface area contributed by atoms with Crippen LogP contribution >= 0.6 is 23.1 Å². The van der Waals surface area contributed by atoms with E-state index in [-0.39, 0.29) is 12.5 Å². The lowest BCUT2D eigenvalue weighted by atomic mass is 10.3. The predicted molar refractivity (Wildman–Crippen MR) is 92.7 cm³/mol. The molecule has 0 radical (unpaired) electrons. The average molecular weight is 353 g/mol. The summed E-state index contributed by atoms with van der Waals surface area (Å²) in [7, 11) is 0. The van der Waals surface area contributed by atoms with Crippen molar-refractivity contribution >= 4 is 34.1 Å². The molecule has 0 atom stereocenters. The van der Waals surface area contributed by atoms with Gasteiger partial charge in [-0.3, -0.25) is 10.1 Å². The zero-order valence-corrected chi connectivity index (χ0v) is 14.7. The Labute approximate surface area is 143 Å². The smallest absolute Gasteiger partial charge is 0.264 e. The van der Waals surface area contributed by atoms with E-state index in [0.29, 0.717) is 23.2 Å². The molecule has 1 amide bonds. The molecular weight excluding hydrogens is 334 g/mol. The molecule has 1 aromatic carbocycles. The zero-order chi connectivity index (χ0) is 16.5. The first-order valence-electron chi connectivity index (χ1n) is 7.33. The van der Waals surface area contributed by atoms with Crippen molar-refractivity contribution in [3.8, 4) is 11.5 Å². The fraction of sp³-hybridized carbons (Fsp3) is 0.400. The van der Waals surface area contributed by atoms with Crippen LogP contribution in [-0.4, -0.2) is 35.1 Å². The molecule has 0 aliphatic carbocycles. The number of carbonyl (C=O) groups excluding carboxylic acids is 1. The van der Waals surface area contributed by atoms with Gasteiger partial charge in [-0.2, -0.15) is 0 Å². The molecule has 0 saturated carbocycles. The van der Waals surface area contributed by atoms with Crippen molar-refractivity contribution in [2.45, 2.75) is 24.6 Å².